The highest BCUT2D eigenvalue weighted by Gasteiger charge is 2.44. The zero-order valence-corrected chi connectivity index (χ0v) is 27.9. The van der Waals surface area contributed by atoms with Gasteiger partial charge in [-0.25, -0.2) is 4.98 Å². The summed E-state index contributed by atoms with van der Waals surface area (Å²) >= 11 is 1.71. The molecule has 1 N–H and O–H groups in total. The van der Waals surface area contributed by atoms with Gasteiger partial charge in [-0.05, 0) is 86.4 Å². The third-order valence-electron chi connectivity index (χ3n) is 9.56. The minimum Gasteiger partial charge on any atom is -0.379 e. The Morgan fingerprint density at radius 3 is 2.59 bits per heavy atom. The molecule has 1 amide bonds. The van der Waals surface area contributed by atoms with Crippen molar-refractivity contribution >= 4 is 29.3 Å². The van der Waals surface area contributed by atoms with Crippen LogP contribution in [0.1, 0.15) is 72.0 Å². The predicted octanol–water partition coefficient (Wildman–Crippen LogP) is 5.69. The number of nitrogens with one attached hydrogen (secondary N) is 1. The Morgan fingerprint density at radius 2 is 1.96 bits per heavy atom. The lowest BCUT2D eigenvalue weighted by molar-refractivity contribution is -0.138. The van der Waals surface area contributed by atoms with E-state index in [1.165, 1.54) is 11.0 Å². The van der Waals surface area contributed by atoms with Crippen molar-refractivity contribution < 1.29 is 22.7 Å². The Hall–Kier alpha value is -3.16. The Balaban J connectivity index is 1.37. The van der Waals surface area contributed by atoms with Gasteiger partial charge in [-0.15, -0.1) is 10.2 Å². The van der Waals surface area contributed by atoms with Crippen LogP contribution in [0.5, 0.6) is 0 Å². The molecule has 5 heterocycles. The van der Waals surface area contributed by atoms with E-state index in [4.69, 9.17) is 9.72 Å². The molecule has 6 rings (SSSR count). The molecule has 0 saturated carbocycles. The van der Waals surface area contributed by atoms with E-state index in [9.17, 15) is 18.0 Å². The number of nitrogens with zero attached hydrogens (tertiary/aromatic N) is 6. The molecule has 2 saturated heterocycles. The molecule has 46 heavy (non-hydrogen) atoms. The van der Waals surface area contributed by atoms with Gasteiger partial charge in [-0.1, -0.05) is 6.92 Å². The first-order chi connectivity index (χ1) is 21.8. The monoisotopic (exact) mass is 657 g/mol. The molecule has 3 aliphatic rings. The van der Waals surface area contributed by atoms with Crippen LogP contribution >= 0.6 is 11.8 Å². The second-order valence-electron chi connectivity index (χ2n) is 13.8. The van der Waals surface area contributed by atoms with E-state index in [0.717, 1.165) is 37.3 Å². The van der Waals surface area contributed by atoms with E-state index in [-0.39, 0.29) is 22.4 Å². The van der Waals surface area contributed by atoms with Crippen molar-refractivity contribution in [1.29, 1.82) is 0 Å². The van der Waals surface area contributed by atoms with E-state index < -0.39 is 23.1 Å². The van der Waals surface area contributed by atoms with E-state index >= 15 is 0 Å². The van der Waals surface area contributed by atoms with Gasteiger partial charge in [0.1, 0.15) is 23.8 Å². The Labute approximate surface area is 272 Å². The van der Waals surface area contributed by atoms with E-state index in [1.54, 1.807) is 24.2 Å². The topological polar surface area (TPSA) is 88.4 Å². The summed E-state index contributed by atoms with van der Waals surface area (Å²) in [6.07, 6.45) is 1.77. The van der Waals surface area contributed by atoms with Gasteiger partial charge >= 0.3 is 6.18 Å². The average molecular weight is 658 g/mol. The SMILES string of the molecule is CSC(C)(C)CNc1cc(C2(Cc3nncn3C)COC2)cc(N2Cc3c(cc(CN4CCC[C@H](C)C4)cc3C(F)(F)F)C2=O)n1. The molecular formula is C33H42F3N7O2S. The number of amides is 1. The number of carbonyl (C=O) groups is 1. The molecule has 248 valence electrons. The molecule has 0 bridgehead atoms. The van der Waals surface area contributed by atoms with E-state index in [0.29, 0.717) is 55.8 Å². The maximum atomic E-state index is 14.5. The fourth-order valence-corrected chi connectivity index (χ4v) is 6.82. The Kier molecular flexibility index (Phi) is 8.88. The lowest BCUT2D eigenvalue weighted by Gasteiger charge is -2.42. The van der Waals surface area contributed by atoms with Crippen LogP contribution < -0.4 is 10.2 Å². The van der Waals surface area contributed by atoms with E-state index in [1.807, 2.05) is 30.0 Å². The third-order valence-corrected chi connectivity index (χ3v) is 10.8. The number of hydrogen-bond acceptors (Lipinski definition) is 8. The number of likely N-dealkylation sites (tertiary alicyclic amines) is 1. The van der Waals surface area contributed by atoms with Gasteiger partial charge in [0.05, 0.1) is 25.3 Å². The molecule has 0 aliphatic carbocycles. The second-order valence-corrected chi connectivity index (χ2v) is 15.3. The standard InChI is InChI=1S/C33H42F3N7O2S/c1-21-7-6-8-42(14-21)15-22-9-24-25(26(10-22)33(34,35)36)16-43(30(24)44)28-12-23(11-27(39-28)37-17-31(2,3)46-5)32(18-45-19-32)13-29-40-38-20-41(29)4/h9-12,20-21H,6-8,13-19H2,1-5H3,(H,37,39)/t21-/m0/s1. The number of pyridine rings is 1. The molecule has 2 fully saturated rings. The minimum absolute atomic E-state index is 0.000679. The predicted molar refractivity (Wildman–Crippen MR) is 173 cm³/mol. The zero-order chi connectivity index (χ0) is 32.9. The smallest absolute Gasteiger partial charge is 0.379 e. The van der Waals surface area contributed by atoms with Gasteiger partial charge in [0, 0.05) is 48.8 Å². The summed E-state index contributed by atoms with van der Waals surface area (Å²) < 4.78 is 51.0. The van der Waals surface area contributed by atoms with Crippen LogP contribution in [0.3, 0.4) is 0 Å². The number of rotatable bonds is 10. The maximum Gasteiger partial charge on any atom is 0.416 e. The van der Waals surface area contributed by atoms with Crippen molar-refractivity contribution in [2.45, 2.75) is 69.5 Å². The normalized spacial score (nSPS) is 20.1. The Bertz CT molecular complexity index is 1600. The van der Waals surface area contributed by atoms with Gasteiger partial charge in [0.25, 0.3) is 5.91 Å². The molecular weight excluding hydrogens is 615 g/mol. The molecule has 13 heteroatoms. The number of carbonyl (C=O) groups excluding carboxylic acids is 1. The number of piperidine rings is 1. The van der Waals surface area contributed by atoms with E-state index in [2.05, 4.69) is 41.2 Å². The van der Waals surface area contributed by atoms with Crippen molar-refractivity contribution in [1.82, 2.24) is 24.6 Å². The maximum absolute atomic E-state index is 14.5. The van der Waals surface area contributed by atoms with Gasteiger partial charge in [0.2, 0.25) is 0 Å². The number of aromatic nitrogens is 4. The summed E-state index contributed by atoms with van der Waals surface area (Å²) in [6.45, 7) is 9.71. The number of ether oxygens (including phenoxy) is 1. The lowest BCUT2D eigenvalue weighted by atomic mass is 9.75. The Morgan fingerprint density at radius 1 is 1.17 bits per heavy atom. The summed E-state index contributed by atoms with van der Waals surface area (Å²) in [5.74, 6) is 1.67. The van der Waals surface area contributed by atoms with Gasteiger partial charge in [-0.3, -0.25) is 14.6 Å². The van der Waals surface area contributed by atoms with Crippen LogP contribution in [-0.2, 0) is 42.9 Å². The quantitative estimate of drug-likeness (QED) is 0.298. The first-order valence-electron chi connectivity index (χ1n) is 15.8. The van der Waals surface area contributed by atoms with Crippen molar-refractivity contribution in [3.63, 3.8) is 0 Å². The highest BCUT2D eigenvalue weighted by molar-refractivity contribution is 7.99. The number of aryl methyl sites for hydroxylation is 1. The van der Waals surface area contributed by atoms with Crippen LogP contribution in [0.4, 0.5) is 24.8 Å². The average Bonchev–Trinajstić information content (AvgIpc) is 3.54. The fraction of sp³-hybridized carbons (Fsp3) is 0.576. The molecule has 3 aromatic rings. The van der Waals surface area contributed by atoms with Crippen molar-refractivity contribution in [2.75, 3.05) is 49.3 Å². The first kappa shape index (κ1) is 32.8. The van der Waals surface area contributed by atoms with Crippen molar-refractivity contribution in [3.8, 4) is 0 Å². The zero-order valence-electron chi connectivity index (χ0n) is 27.1. The summed E-state index contributed by atoms with van der Waals surface area (Å²) in [7, 11) is 1.89. The number of alkyl halides is 3. The van der Waals surface area contributed by atoms with Crippen LogP contribution in [-0.4, -0.2) is 74.4 Å². The van der Waals surface area contributed by atoms with Crippen LogP contribution in [0, 0.1) is 5.92 Å². The summed E-state index contributed by atoms with van der Waals surface area (Å²) in [5, 5.41) is 11.7. The number of benzene rings is 1. The molecule has 0 radical (unpaired) electrons. The summed E-state index contributed by atoms with van der Waals surface area (Å²) in [5.41, 5.74) is 0.294. The number of anilines is 2. The summed E-state index contributed by atoms with van der Waals surface area (Å²) in [4.78, 5) is 22.4. The third kappa shape index (κ3) is 6.64. The molecule has 1 aromatic carbocycles. The second kappa shape index (κ2) is 12.5. The van der Waals surface area contributed by atoms with Gasteiger partial charge < -0.3 is 14.6 Å². The van der Waals surface area contributed by atoms with Crippen LogP contribution in [0.2, 0.25) is 0 Å². The number of halogens is 3. The number of hydrogen-bond donors (Lipinski definition) is 1. The van der Waals surface area contributed by atoms with Crippen molar-refractivity contribution in [2.24, 2.45) is 13.0 Å². The molecule has 0 spiro atoms. The molecule has 9 nitrogen and oxygen atoms in total. The van der Waals surface area contributed by atoms with Gasteiger partial charge in [0.15, 0.2) is 0 Å². The molecule has 2 aromatic heterocycles. The van der Waals surface area contributed by atoms with Crippen LogP contribution in [0.25, 0.3) is 0 Å². The first-order valence-corrected chi connectivity index (χ1v) is 17.0. The highest BCUT2D eigenvalue weighted by Crippen LogP contribution is 2.42. The lowest BCUT2D eigenvalue weighted by Crippen LogP contribution is -2.49. The number of thioether (sulfide) groups is 1. The van der Waals surface area contributed by atoms with Crippen LogP contribution in [0.15, 0.2) is 30.6 Å². The fourth-order valence-electron chi connectivity index (χ4n) is 6.60. The molecule has 0 unspecified atom stereocenters. The molecule has 1 atom stereocenters. The summed E-state index contributed by atoms with van der Waals surface area (Å²) in [6, 6.07) is 6.69. The molecule has 3 aliphatic heterocycles. The van der Waals surface area contributed by atoms with Gasteiger partial charge in [-0.2, -0.15) is 24.9 Å². The largest absolute Gasteiger partial charge is 0.416 e. The highest BCUT2D eigenvalue weighted by atomic mass is 32.2. The minimum atomic E-state index is -4.60. The van der Waals surface area contributed by atoms with Crippen molar-refractivity contribution in [3.05, 3.63) is 64.2 Å². The number of fused-ring (bicyclic) bond motifs is 1.